The number of likely N-dealkylation sites (tertiary alicyclic amines) is 2. The van der Waals surface area contributed by atoms with Crippen molar-refractivity contribution in [3.05, 3.63) is 47.0 Å². The van der Waals surface area contributed by atoms with Gasteiger partial charge >= 0.3 is 0 Å². The van der Waals surface area contributed by atoms with E-state index in [4.69, 9.17) is 11.6 Å². The van der Waals surface area contributed by atoms with Gasteiger partial charge in [-0.05, 0) is 50.3 Å². The summed E-state index contributed by atoms with van der Waals surface area (Å²) in [4.78, 5) is 28.8. The van der Waals surface area contributed by atoms with E-state index in [1.54, 1.807) is 4.90 Å². The molecule has 5 heteroatoms. The molecule has 2 fully saturated rings. The van der Waals surface area contributed by atoms with Crippen molar-refractivity contribution in [1.82, 2.24) is 9.80 Å². The summed E-state index contributed by atoms with van der Waals surface area (Å²) in [6.07, 6.45) is 4.96. The van der Waals surface area contributed by atoms with Crippen LogP contribution in [0.25, 0.3) is 0 Å². The molecule has 2 amide bonds. The number of carbonyl (C=O) groups excluding carboxylic acids is 2. The van der Waals surface area contributed by atoms with E-state index in [9.17, 15) is 9.59 Å². The van der Waals surface area contributed by atoms with Crippen LogP contribution in [0.3, 0.4) is 0 Å². The van der Waals surface area contributed by atoms with E-state index in [-0.39, 0.29) is 23.8 Å². The molecule has 2 saturated heterocycles. The lowest BCUT2D eigenvalue weighted by Gasteiger charge is -2.35. The Bertz CT molecular complexity index is 688. The van der Waals surface area contributed by atoms with Crippen molar-refractivity contribution >= 4 is 23.4 Å². The summed E-state index contributed by atoms with van der Waals surface area (Å²) in [5, 5.41) is 0.724. The fraction of sp³-hybridized carbons (Fsp3) is 0.500. The van der Waals surface area contributed by atoms with Crippen molar-refractivity contribution in [3.63, 3.8) is 0 Å². The number of piperidine rings is 1. The van der Waals surface area contributed by atoms with Gasteiger partial charge in [0.15, 0.2) is 0 Å². The second-order valence-electron chi connectivity index (χ2n) is 7.04. The topological polar surface area (TPSA) is 40.6 Å². The van der Waals surface area contributed by atoms with Crippen LogP contribution in [0.2, 0.25) is 5.02 Å². The molecule has 2 heterocycles. The Hall–Kier alpha value is -1.81. The van der Waals surface area contributed by atoms with Gasteiger partial charge in [-0.3, -0.25) is 9.59 Å². The molecule has 2 unspecified atom stereocenters. The maximum Gasteiger partial charge on any atom is 0.245 e. The van der Waals surface area contributed by atoms with E-state index >= 15 is 0 Å². The molecule has 2 atom stereocenters. The Balaban J connectivity index is 1.77. The van der Waals surface area contributed by atoms with Gasteiger partial charge in [0.05, 0.1) is 12.0 Å². The minimum Gasteiger partial charge on any atom is -0.338 e. The van der Waals surface area contributed by atoms with Gasteiger partial charge in [-0.1, -0.05) is 35.9 Å². The molecule has 0 saturated carbocycles. The number of rotatable bonds is 3. The molecule has 0 radical (unpaired) electrons. The van der Waals surface area contributed by atoms with Crippen LogP contribution < -0.4 is 0 Å². The van der Waals surface area contributed by atoms with E-state index in [2.05, 4.69) is 12.6 Å². The second kappa shape index (κ2) is 7.61. The first-order chi connectivity index (χ1) is 12.0. The lowest BCUT2D eigenvalue weighted by Crippen LogP contribution is -2.46. The molecule has 1 aromatic rings. The van der Waals surface area contributed by atoms with Crippen molar-refractivity contribution in [2.75, 3.05) is 19.6 Å². The number of halogens is 1. The zero-order valence-electron chi connectivity index (χ0n) is 14.7. The predicted molar refractivity (Wildman–Crippen MR) is 99.4 cm³/mol. The van der Waals surface area contributed by atoms with Crippen LogP contribution in [-0.4, -0.2) is 41.2 Å². The number of carbonyl (C=O) groups is 2. The Kier molecular flexibility index (Phi) is 5.48. The molecular formula is C20H25ClN2O2. The third kappa shape index (κ3) is 3.74. The lowest BCUT2D eigenvalue weighted by atomic mass is 9.95. The van der Waals surface area contributed by atoms with Crippen molar-refractivity contribution < 1.29 is 9.59 Å². The Morgan fingerprint density at radius 3 is 2.76 bits per heavy atom. The Morgan fingerprint density at radius 1 is 1.24 bits per heavy atom. The normalized spacial score (nSPS) is 23.6. The fourth-order valence-electron chi connectivity index (χ4n) is 4.01. The Labute approximate surface area is 154 Å². The smallest absolute Gasteiger partial charge is 0.245 e. The number of hydrogen-bond donors (Lipinski definition) is 0. The molecule has 3 rings (SSSR count). The predicted octanol–water partition coefficient (Wildman–Crippen LogP) is 3.74. The first-order valence-corrected chi connectivity index (χ1v) is 9.37. The number of benzene rings is 1. The molecule has 2 aliphatic rings. The quantitative estimate of drug-likeness (QED) is 0.770. The zero-order chi connectivity index (χ0) is 18.0. The molecule has 0 spiro atoms. The minimum atomic E-state index is -0.123. The molecule has 25 heavy (non-hydrogen) atoms. The molecule has 4 nitrogen and oxygen atoms in total. The van der Waals surface area contributed by atoms with Gasteiger partial charge in [0, 0.05) is 24.7 Å². The maximum atomic E-state index is 13.2. The first kappa shape index (κ1) is 18.0. The molecule has 1 aromatic carbocycles. The van der Waals surface area contributed by atoms with E-state index in [0.717, 1.165) is 48.4 Å². The van der Waals surface area contributed by atoms with E-state index < -0.39 is 0 Å². The number of hydrogen-bond acceptors (Lipinski definition) is 2. The molecular weight excluding hydrogens is 336 g/mol. The van der Waals surface area contributed by atoms with Gasteiger partial charge in [0.1, 0.15) is 0 Å². The average Bonchev–Trinajstić information content (AvgIpc) is 3.12. The second-order valence-corrected chi connectivity index (χ2v) is 7.45. The third-order valence-corrected chi connectivity index (χ3v) is 5.65. The van der Waals surface area contributed by atoms with Gasteiger partial charge in [-0.25, -0.2) is 0 Å². The highest BCUT2D eigenvalue weighted by Gasteiger charge is 2.37. The standard InChI is InChI=1S/C20H25ClN2O2/c1-3-19(24)22-10-4-6-15(13-22)20(25)23-11-5-7-18(23)16-12-14(2)8-9-17(16)21/h3,8-9,12,15,18H,1,4-7,10-11,13H2,2H3. The van der Waals surface area contributed by atoms with Crippen LogP contribution in [0.1, 0.15) is 42.9 Å². The summed E-state index contributed by atoms with van der Waals surface area (Å²) < 4.78 is 0. The van der Waals surface area contributed by atoms with E-state index in [1.807, 2.05) is 24.0 Å². The third-order valence-electron chi connectivity index (χ3n) is 5.30. The van der Waals surface area contributed by atoms with Crippen molar-refractivity contribution in [3.8, 4) is 0 Å². The highest BCUT2D eigenvalue weighted by molar-refractivity contribution is 6.31. The zero-order valence-corrected chi connectivity index (χ0v) is 15.5. The summed E-state index contributed by atoms with van der Waals surface area (Å²) in [7, 11) is 0. The maximum absolute atomic E-state index is 13.2. The number of aryl methyl sites for hydroxylation is 1. The van der Waals surface area contributed by atoms with Crippen LogP contribution >= 0.6 is 11.6 Å². The molecule has 0 aromatic heterocycles. The van der Waals surface area contributed by atoms with Crippen molar-refractivity contribution in [2.45, 2.75) is 38.6 Å². The summed E-state index contributed by atoms with van der Waals surface area (Å²) >= 11 is 6.41. The SMILES string of the molecule is C=CC(=O)N1CCCC(C(=O)N2CCCC2c2cc(C)ccc2Cl)C1. The highest BCUT2D eigenvalue weighted by Crippen LogP contribution is 2.37. The van der Waals surface area contributed by atoms with Gasteiger partial charge in [0.25, 0.3) is 0 Å². The van der Waals surface area contributed by atoms with Crippen LogP contribution in [0.4, 0.5) is 0 Å². The average molecular weight is 361 g/mol. The molecule has 0 bridgehead atoms. The summed E-state index contributed by atoms with van der Waals surface area (Å²) in [5.74, 6) is -0.0549. The fourth-order valence-corrected chi connectivity index (χ4v) is 4.26. The monoisotopic (exact) mass is 360 g/mol. The van der Waals surface area contributed by atoms with Crippen LogP contribution in [0.15, 0.2) is 30.9 Å². The Morgan fingerprint density at radius 2 is 2.00 bits per heavy atom. The summed E-state index contributed by atoms with van der Waals surface area (Å²) in [6, 6.07) is 6.04. The molecule has 134 valence electrons. The largest absolute Gasteiger partial charge is 0.338 e. The minimum absolute atomic E-state index is 0.0467. The van der Waals surface area contributed by atoms with E-state index in [1.165, 1.54) is 6.08 Å². The van der Waals surface area contributed by atoms with Crippen LogP contribution in [0, 0.1) is 12.8 Å². The molecule has 0 N–H and O–H groups in total. The van der Waals surface area contributed by atoms with Gasteiger partial charge in [-0.2, -0.15) is 0 Å². The molecule has 0 aliphatic carbocycles. The van der Waals surface area contributed by atoms with Crippen LogP contribution in [-0.2, 0) is 9.59 Å². The van der Waals surface area contributed by atoms with E-state index in [0.29, 0.717) is 13.1 Å². The van der Waals surface area contributed by atoms with Gasteiger partial charge in [-0.15, -0.1) is 0 Å². The van der Waals surface area contributed by atoms with Gasteiger partial charge in [0.2, 0.25) is 11.8 Å². The summed E-state index contributed by atoms with van der Waals surface area (Å²) in [6.45, 7) is 7.56. The number of amides is 2. The van der Waals surface area contributed by atoms with Crippen LogP contribution in [0.5, 0.6) is 0 Å². The van der Waals surface area contributed by atoms with Crippen molar-refractivity contribution in [2.24, 2.45) is 5.92 Å². The lowest BCUT2D eigenvalue weighted by molar-refractivity contribution is -0.140. The summed E-state index contributed by atoms with van der Waals surface area (Å²) in [5.41, 5.74) is 2.20. The number of nitrogens with zero attached hydrogens (tertiary/aromatic N) is 2. The molecule has 2 aliphatic heterocycles. The highest BCUT2D eigenvalue weighted by atomic mass is 35.5. The first-order valence-electron chi connectivity index (χ1n) is 8.99. The van der Waals surface area contributed by atoms with Crippen molar-refractivity contribution in [1.29, 1.82) is 0 Å². The van der Waals surface area contributed by atoms with Gasteiger partial charge < -0.3 is 9.80 Å².